The molecule has 4 atom stereocenters. The molecule has 0 bridgehead atoms. The van der Waals surface area contributed by atoms with Gasteiger partial charge in [-0.05, 0) is 55.8 Å². The molecule has 382 valence electrons. The summed E-state index contributed by atoms with van der Waals surface area (Å²) in [6.07, 6.45) is 1.51. The summed E-state index contributed by atoms with van der Waals surface area (Å²) < 4.78 is 23.6. The van der Waals surface area contributed by atoms with Gasteiger partial charge < -0.3 is 50.3 Å². The zero-order valence-electron chi connectivity index (χ0n) is 40.6. The molecule has 0 radical (unpaired) electrons. The third-order valence-electron chi connectivity index (χ3n) is 13.6. The lowest BCUT2D eigenvalue weighted by molar-refractivity contribution is -0.172. The van der Waals surface area contributed by atoms with Gasteiger partial charge in [0.15, 0.2) is 28.7 Å². The Kier molecular flexibility index (Phi) is 16.7. The van der Waals surface area contributed by atoms with Gasteiger partial charge in [-0.3, -0.25) is 43.3 Å². The number of cyclic esters (lactones) is 1. The van der Waals surface area contributed by atoms with Crippen LogP contribution in [0.2, 0.25) is 0 Å². The van der Waals surface area contributed by atoms with E-state index in [4.69, 9.17) is 29.7 Å². The zero-order chi connectivity index (χ0) is 51.1. The summed E-state index contributed by atoms with van der Waals surface area (Å²) >= 11 is 0. The number of carbonyl (C=O) groups is 8. The molecular formula is C50H63N7O14. The number of aliphatic hydroxyl groups is 1. The molecule has 6 N–H and O–H groups in total. The first-order valence-corrected chi connectivity index (χ1v) is 24.4. The molecule has 0 saturated carbocycles. The van der Waals surface area contributed by atoms with Crippen molar-refractivity contribution in [2.24, 2.45) is 23.5 Å². The number of fused-ring (bicyclic) bond motifs is 6. The Morgan fingerprint density at radius 3 is 2.42 bits per heavy atom. The predicted octanol–water partition coefficient (Wildman–Crippen LogP) is 1.58. The van der Waals surface area contributed by atoms with E-state index in [9.17, 15) is 48.3 Å². The minimum atomic E-state index is -2.01. The van der Waals surface area contributed by atoms with Crippen molar-refractivity contribution in [3.8, 4) is 22.9 Å². The van der Waals surface area contributed by atoms with Gasteiger partial charge in [-0.2, -0.15) is 0 Å². The van der Waals surface area contributed by atoms with Gasteiger partial charge >= 0.3 is 5.97 Å². The molecule has 1 aromatic carbocycles. The SMILES string of the molecule is CC[C@@]1(O)C(=O)OCc2c1cc1n(c2=O)Cc2c-1nc1cc3c(cc1c2CCC(=O)CNC(=O)[C@H](CCCCN)CC(=O)[C@@H](NC(=O)CCOCCNC(=O)CCN1C(=O)CC(C)C1=O)C(C)C)OCO3. The molecule has 71 heavy (non-hydrogen) atoms. The predicted molar refractivity (Wildman–Crippen MR) is 253 cm³/mol. The number of amides is 5. The second kappa shape index (κ2) is 22.7. The lowest BCUT2D eigenvalue weighted by atomic mass is 9.86. The summed E-state index contributed by atoms with van der Waals surface area (Å²) in [5.41, 5.74) is 6.44. The number of benzene rings is 1. The quantitative estimate of drug-likeness (QED) is 0.0358. The number of rotatable bonds is 25. The highest BCUT2D eigenvalue weighted by Gasteiger charge is 2.46. The molecule has 1 saturated heterocycles. The number of nitrogens with two attached hydrogens (primary N) is 1. The van der Waals surface area contributed by atoms with Gasteiger partial charge in [0.25, 0.3) is 5.56 Å². The summed E-state index contributed by atoms with van der Waals surface area (Å²) in [6.45, 7) is 7.04. The fourth-order valence-corrected chi connectivity index (χ4v) is 9.53. The lowest BCUT2D eigenvalue weighted by Gasteiger charge is -2.31. The van der Waals surface area contributed by atoms with Gasteiger partial charge in [0.05, 0.1) is 54.8 Å². The average Bonchev–Trinajstić information content (AvgIpc) is 4.03. The maximum Gasteiger partial charge on any atom is 0.343 e. The number of hydrogen-bond acceptors (Lipinski definition) is 16. The Labute approximate surface area is 409 Å². The second-order valence-electron chi connectivity index (χ2n) is 18.9. The van der Waals surface area contributed by atoms with Crippen molar-refractivity contribution in [3.05, 3.63) is 50.8 Å². The van der Waals surface area contributed by atoms with Crippen LogP contribution in [0.1, 0.15) is 108 Å². The highest BCUT2D eigenvalue weighted by molar-refractivity contribution is 6.03. The van der Waals surface area contributed by atoms with Crippen molar-refractivity contribution in [2.75, 3.05) is 46.2 Å². The van der Waals surface area contributed by atoms with Crippen LogP contribution in [0.25, 0.3) is 22.3 Å². The number of likely N-dealkylation sites (tertiary alicyclic amines) is 1. The monoisotopic (exact) mass is 985 g/mol. The fourth-order valence-electron chi connectivity index (χ4n) is 9.53. The maximum atomic E-state index is 14.0. The Balaban J connectivity index is 0.938. The van der Waals surface area contributed by atoms with Crippen LogP contribution >= 0.6 is 0 Å². The standard InChI is InChI=1S/C50H63N7O14/c1-5-50(67)35-21-37-45-33(24-57(37)48(65)34(35)25-69-49(50)66)31(32-20-39-40(71-26-70-39)22-36(32)54-45)10-9-30(58)23-53-46(63)29(8-6-7-13-51)19-38(59)44(27(2)3)55-42(61)12-16-68-17-14-52-41(60)11-15-56-43(62)18-28(4)47(56)64/h20-22,27-29,44,67H,5-19,23-26,51H2,1-4H3,(H,52,60)(H,53,63)(H,55,61)/t28?,29-,44+,50+/m1/s1. The topological polar surface area (TPSA) is 294 Å². The number of ether oxygens (including phenoxy) is 4. The Morgan fingerprint density at radius 1 is 0.958 bits per heavy atom. The van der Waals surface area contributed by atoms with E-state index in [0.29, 0.717) is 65.2 Å². The van der Waals surface area contributed by atoms with Crippen LogP contribution in [0.15, 0.2) is 23.0 Å². The van der Waals surface area contributed by atoms with Gasteiger partial charge in [-0.25, -0.2) is 9.78 Å². The maximum absolute atomic E-state index is 14.0. The van der Waals surface area contributed by atoms with Crippen LogP contribution < -0.4 is 36.7 Å². The number of aromatic nitrogens is 2. The molecule has 21 heteroatoms. The van der Waals surface area contributed by atoms with Crippen LogP contribution in [0.3, 0.4) is 0 Å². The largest absolute Gasteiger partial charge is 0.458 e. The number of Topliss-reactive ketones (excluding diaryl/α,β-unsaturated/α-hetero) is 2. The number of hydrogen-bond donors (Lipinski definition) is 5. The summed E-state index contributed by atoms with van der Waals surface area (Å²) in [7, 11) is 0. The molecule has 7 rings (SSSR count). The number of carbonyl (C=O) groups excluding carboxylic acids is 8. The normalized spacial score (nSPS) is 18.5. The first-order valence-electron chi connectivity index (χ1n) is 24.4. The van der Waals surface area contributed by atoms with E-state index in [1.807, 2.05) is 0 Å². The number of nitrogens with zero attached hydrogens (tertiary/aromatic N) is 3. The van der Waals surface area contributed by atoms with E-state index in [1.165, 1.54) is 4.57 Å². The summed E-state index contributed by atoms with van der Waals surface area (Å²) in [5, 5.41) is 20.2. The Hall–Kier alpha value is -6.58. The Bertz CT molecular complexity index is 2680. The number of nitrogens with one attached hydrogen (secondary N) is 3. The molecule has 1 unspecified atom stereocenters. The molecule has 4 aliphatic heterocycles. The summed E-state index contributed by atoms with van der Waals surface area (Å²) in [4.78, 5) is 123. The first-order chi connectivity index (χ1) is 33.9. The molecule has 21 nitrogen and oxygen atoms in total. The van der Waals surface area contributed by atoms with Gasteiger partial charge in [0, 0.05) is 79.6 Å². The molecule has 1 fully saturated rings. The van der Waals surface area contributed by atoms with Crippen molar-refractivity contribution < 1.29 is 62.4 Å². The number of esters is 1. The number of imide groups is 1. The van der Waals surface area contributed by atoms with Gasteiger partial charge in [-0.15, -0.1) is 0 Å². The van der Waals surface area contributed by atoms with E-state index in [-0.39, 0.29) is 150 Å². The summed E-state index contributed by atoms with van der Waals surface area (Å²) in [5.74, 6) is -3.86. The van der Waals surface area contributed by atoms with Crippen molar-refractivity contribution in [1.29, 1.82) is 0 Å². The first kappa shape index (κ1) is 52.2. The number of ketones is 2. The minimum absolute atomic E-state index is 0.00887. The minimum Gasteiger partial charge on any atom is -0.458 e. The molecule has 2 aromatic heterocycles. The Morgan fingerprint density at radius 2 is 1.72 bits per heavy atom. The average molecular weight is 986 g/mol. The molecule has 6 heterocycles. The smallest absolute Gasteiger partial charge is 0.343 e. The third kappa shape index (κ3) is 11.5. The van der Waals surface area contributed by atoms with E-state index in [1.54, 1.807) is 45.9 Å². The third-order valence-corrected chi connectivity index (χ3v) is 13.6. The van der Waals surface area contributed by atoms with Crippen molar-refractivity contribution in [1.82, 2.24) is 30.4 Å². The van der Waals surface area contributed by atoms with E-state index in [0.717, 1.165) is 10.5 Å². The molecule has 0 spiro atoms. The second-order valence-corrected chi connectivity index (χ2v) is 18.9. The highest BCUT2D eigenvalue weighted by Crippen LogP contribution is 2.43. The van der Waals surface area contributed by atoms with Crippen molar-refractivity contribution >= 4 is 58.0 Å². The highest BCUT2D eigenvalue weighted by atomic mass is 16.7. The van der Waals surface area contributed by atoms with Crippen molar-refractivity contribution in [3.63, 3.8) is 0 Å². The fraction of sp³-hybridized carbons (Fsp3) is 0.560. The molecule has 0 aliphatic carbocycles. The lowest BCUT2D eigenvalue weighted by Crippen LogP contribution is -2.46. The van der Waals surface area contributed by atoms with Gasteiger partial charge in [0.2, 0.25) is 36.3 Å². The van der Waals surface area contributed by atoms with E-state index in [2.05, 4.69) is 16.0 Å². The zero-order valence-corrected chi connectivity index (χ0v) is 40.6. The number of unbranched alkanes of at least 4 members (excludes halogenated alkanes) is 1. The van der Waals surface area contributed by atoms with E-state index < -0.39 is 40.9 Å². The van der Waals surface area contributed by atoms with Crippen LogP contribution in [-0.4, -0.2) is 119 Å². The van der Waals surface area contributed by atoms with Crippen LogP contribution in [0.4, 0.5) is 0 Å². The molecule has 3 aromatic rings. The number of aryl methyl sites for hydroxylation is 1. The van der Waals surface area contributed by atoms with Crippen molar-refractivity contribution in [2.45, 2.75) is 117 Å². The van der Waals surface area contributed by atoms with Crippen LogP contribution in [0.5, 0.6) is 11.5 Å². The number of pyridine rings is 2. The van der Waals surface area contributed by atoms with E-state index >= 15 is 0 Å². The molecule has 4 aliphatic rings. The van der Waals surface area contributed by atoms with Gasteiger partial charge in [0.1, 0.15) is 6.61 Å². The van der Waals surface area contributed by atoms with Crippen LogP contribution in [-0.2, 0) is 73.0 Å². The van der Waals surface area contributed by atoms with Crippen LogP contribution in [0, 0.1) is 17.8 Å². The molecular weight excluding hydrogens is 923 g/mol. The summed E-state index contributed by atoms with van der Waals surface area (Å²) in [6, 6.07) is 4.23. The van der Waals surface area contributed by atoms with Gasteiger partial charge in [-0.1, -0.05) is 34.1 Å². The molecule has 5 amide bonds.